The Morgan fingerprint density at radius 2 is 2.08 bits per heavy atom. The van der Waals surface area contributed by atoms with Gasteiger partial charge in [0, 0.05) is 13.6 Å². The second kappa shape index (κ2) is 5.10. The van der Waals surface area contributed by atoms with Crippen LogP contribution in [0.25, 0.3) is 0 Å². The Kier molecular flexibility index (Phi) is 4.06. The summed E-state index contributed by atoms with van der Waals surface area (Å²) in [6, 6.07) is 0. The second-order valence-corrected chi connectivity index (χ2v) is 3.57. The topological polar surface area (TPSA) is 29.5 Å². The molecule has 0 unspecified atom stereocenters. The molecule has 1 amide bonds. The number of carbonyl (C=O) groups excluding carboxylic acids is 1. The summed E-state index contributed by atoms with van der Waals surface area (Å²) in [5.74, 6) is 0. The standard InChI is InChI=1S/C10H18NO2/c1-3-11(2)10(12)13-9-7-5-4-6-8-9/h9H,1,3-8H2,2H3. The van der Waals surface area contributed by atoms with Gasteiger partial charge in [-0.05, 0) is 32.6 Å². The Balaban J connectivity index is 2.26. The minimum Gasteiger partial charge on any atom is -0.446 e. The van der Waals surface area contributed by atoms with Crippen LogP contribution < -0.4 is 0 Å². The number of amides is 1. The molecule has 0 spiro atoms. The highest BCUT2D eigenvalue weighted by atomic mass is 16.6. The molecule has 0 bridgehead atoms. The van der Waals surface area contributed by atoms with E-state index in [1.54, 1.807) is 7.05 Å². The molecule has 1 fully saturated rings. The Labute approximate surface area is 80.1 Å². The van der Waals surface area contributed by atoms with Crippen LogP contribution in [0.4, 0.5) is 4.79 Å². The van der Waals surface area contributed by atoms with Gasteiger partial charge in [0.1, 0.15) is 6.10 Å². The van der Waals surface area contributed by atoms with E-state index in [0.29, 0.717) is 6.54 Å². The molecule has 0 aliphatic heterocycles. The van der Waals surface area contributed by atoms with Gasteiger partial charge >= 0.3 is 6.09 Å². The Morgan fingerprint density at radius 3 is 2.62 bits per heavy atom. The molecule has 1 rings (SSSR count). The van der Waals surface area contributed by atoms with E-state index in [2.05, 4.69) is 6.92 Å². The molecular formula is C10H18NO2. The zero-order valence-electron chi connectivity index (χ0n) is 8.29. The van der Waals surface area contributed by atoms with Gasteiger partial charge < -0.3 is 9.64 Å². The van der Waals surface area contributed by atoms with E-state index in [-0.39, 0.29) is 12.2 Å². The van der Waals surface area contributed by atoms with Crippen LogP contribution in [0, 0.1) is 6.92 Å². The summed E-state index contributed by atoms with van der Waals surface area (Å²) in [5, 5.41) is 0. The highest BCUT2D eigenvalue weighted by Gasteiger charge is 2.18. The van der Waals surface area contributed by atoms with Gasteiger partial charge in [-0.3, -0.25) is 0 Å². The van der Waals surface area contributed by atoms with Crippen molar-refractivity contribution >= 4 is 6.09 Å². The highest BCUT2D eigenvalue weighted by molar-refractivity contribution is 5.67. The summed E-state index contributed by atoms with van der Waals surface area (Å²) in [7, 11) is 1.71. The van der Waals surface area contributed by atoms with E-state index >= 15 is 0 Å². The van der Waals surface area contributed by atoms with Crippen LogP contribution in [0.2, 0.25) is 0 Å². The molecule has 3 heteroatoms. The molecule has 0 heterocycles. The van der Waals surface area contributed by atoms with Gasteiger partial charge in [0.05, 0.1) is 0 Å². The third kappa shape index (κ3) is 3.25. The fourth-order valence-electron chi connectivity index (χ4n) is 1.51. The van der Waals surface area contributed by atoms with Crippen LogP contribution in [-0.4, -0.2) is 30.7 Å². The van der Waals surface area contributed by atoms with Gasteiger partial charge in [-0.25, -0.2) is 4.79 Å². The molecule has 1 aliphatic rings. The van der Waals surface area contributed by atoms with Crippen molar-refractivity contribution in [2.24, 2.45) is 0 Å². The Hall–Kier alpha value is -0.730. The lowest BCUT2D eigenvalue weighted by molar-refractivity contribution is 0.0532. The number of nitrogens with zero attached hydrogens (tertiary/aromatic N) is 1. The maximum atomic E-state index is 11.3. The molecule has 1 saturated carbocycles. The molecule has 1 radical (unpaired) electrons. The fourth-order valence-corrected chi connectivity index (χ4v) is 1.51. The zero-order chi connectivity index (χ0) is 9.68. The van der Waals surface area contributed by atoms with Crippen LogP contribution in [-0.2, 0) is 4.74 Å². The number of ether oxygens (including phenoxy) is 1. The highest BCUT2D eigenvalue weighted by Crippen LogP contribution is 2.20. The SMILES string of the molecule is [CH2]CN(C)C(=O)OC1CCCCC1. The van der Waals surface area contributed by atoms with Crippen LogP contribution in [0.5, 0.6) is 0 Å². The summed E-state index contributed by atoms with van der Waals surface area (Å²) in [5.41, 5.74) is 0. The van der Waals surface area contributed by atoms with Crippen LogP contribution in [0.1, 0.15) is 32.1 Å². The normalized spacial score (nSPS) is 18.3. The van der Waals surface area contributed by atoms with Crippen molar-refractivity contribution in [3.63, 3.8) is 0 Å². The molecule has 13 heavy (non-hydrogen) atoms. The quantitative estimate of drug-likeness (QED) is 0.658. The molecule has 0 aromatic carbocycles. The monoisotopic (exact) mass is 184 g/mol. The summed E-state index contributed by atoms with van der Waals surface area (Å²) < 4.78 is 5.29. The van der Waals surface area contributed by atoms with Crippen molar-refractivity contribution < 1.29 is 9.53 Å². The maximum Gasteiger partial charge on any atom is 0.409 e. The summed E-state index contributed by atoms with van der Waals surface area (Å²) in [6.45, 7) is 4.09. The average molecular weight is 184 g/mol. The van der Waals surface area contributed by atoms with Crippen molar-refractivity contribution in [1.29, 1.82) is 0 Å². The molecule has 0 atom stereocenters. The molecule has 75 valence electrons. The predicted octanol–water partition coefficient (Wildman–Crippen LogP) is 2.22. The first-order valence-electron chi connectivity index (χ1n) is 4.95. The van der Waals surface area contributed by atoms with Crippen LogP contribution in [0.15, 0.2) is 0 Å². The average Bonchev–Trinajstić information content (AvgIpc) is 2.18. The van der Waals surface area contributed by atoms with Crippen molar-refractivity contribution in [1.82, 2.24) is 4.90 Å². The summed E-state index contributed by atoms with van der Waals surface area (Å²) in [4.78, 5) is 12.8. The molecular weight excluding hydrogens is 166 g/mol. The van der Waals surface area contributed by atoms with Crippen molar-refractivity contribution in [2.75, 3.05) is 13.6 Å². The molecule has 0 aromatic heterocycles. The maximum absolute atomic E-state index is 11.3. The van der Waals surface area contributed by atoms with Crippen molar-refractivity contribution in [3.05, 3.63) is 6.92 Å². The van der Waals surface area contributed by atoms with Crippen LogP contribution in [0.3, 0.4) is 0 Å². The molecule has 0 saturated heterocycles. The second-order valence-electron chi connectivity index (χ2n) is 3.57. The minimum atomic E-state index is -0.234. The third-order valence-corrected chi connectivity index (χ3v) is 2.47. The largest absolute Gasteiger partial charge is 0.446 e. The van der Waals surface area contributed by atoms with Crippen molar-refractivity contribution in [2.45, 2.75) is 38.2 Å². The van der Waals surface area contributed by atoms with Gasteiger partial charge in [0.2, 0.25) is 0 Å². The summed E-state index contributed by atoms with van der Waals surface area (Å²) in [6.07, 6.45) is 5.61. The third-order valence-electron chi connectivity index (χ3n) is 2.47. The van der Waals surface area contributed by atoms with Gasteiger partial charge in [-0.1, -0.05) is 6.42 Å². The fraction of sp³-hybridized carbons (Fsp3) is 0.800. The first kappa shape index (κ1) is 10.4. The smallest absolute Gasteiger partial charge is 0.409 e. The Bertz CT molecular complexity index is 164. The molecule has 3 nitrogen and oxygen atoms in total. The van der Waals surface area contributed by atoms with Crippen molar-refractivity contribution in [3.8, 4) is 0 Å². The van der Waals surface area contributed by atoms with E-state index in [4.69, 9.17) is 4.74 Å². The van der Waals surface area contributed by atoms with E-state index in [9.17, 15) is 4.79 Å². The number of carbonyl (C=O) groups is 1. The van der Waals surface area contributed by atoms with Gasteiger partial charge in [0.25, 0.3) is 0 Å². The lowest BCUT2D eigenvalue weighted by atomic mass is 9.98. The molecule has 0 aromatic rings. The first-order chi connectivity index (χ1) is 6.24. The predicted molar refractivity (Wildman–Crippen MR) is 51.3 cm³/mol. The van der Waals surface area contributed by atoms with E-state index < -0.39 is 0 Å². The van der Waals surface area contributed by atoms with E-state index in [1.807, 2.05) is 0 Å². The molecule has 0 N–H and O–H groups in total. The van der Waals surface area contributed by atoms with Gasteiger partial charge in [-0.15, -0.1) is 0 Å². The van der Waals surface area contributed by atoms with Gasteiger partial charge in [0.15, 0.2) is 0 Å². The minimum absolute atomic E-state index is 0.148. The lowest BCUT2D eigenvalue weighted by Gasteiger charge is -2.24. The number of hydrogen-bond donors (Lipinski definition) is 0. The zero-order valence-corrected chi connectivity index (χ0v) is 8.29. The van der Waals surface area contributed by atoms with E-state index in [1.165, 1.54) is 24.2 Å². The lowest BCUT2D eigenvalue weighted by Crippen LogP contribution is -2.31. The number of rotatable bonds is 2. The van der Waals surface area contributed by atoms with Crippen LogP contribution >= 0.6 is 0 Å². The first-order valence-corrected chi connectivity index (χ1v) is 4.95. The van der Waals surface area contributed by atoms with E-state index in [0.717, 1.165) is 12.8 Å². The Morgan fingerprint density at radius 1 is 1.46 bits per heavy atom. The van der Waals surface area contributed by atoms with Gasteiger partial charge in [-0.2, -0.15) is 0 Å². The number of hydrogen-bond acceptors (Lipinski definition) is 2. The molecule has 1 aliphatic carbocycles. The summed E-state index contributed by atoms with van der Waals surface area (Å²) >= 11 is 0.